The first kappa shape index (κ1) is 16.7. The van der Waals surface area contributed by atoms with Crippen LogP contribution >= 0.6 is 11.3 Å². The molecule has 5 heteroatoms. The number of carboxylic acid groups (broad SMARTS) is 1. The van der Waals surface area contributed by atoms with Crippen LogP contribution < -0.4 is 10.1 Å². The highest BCUT2D eigenvalue weighted by molar-refractivity contribution is 7.08. The van der Waals surface area contributed by atoms with Gasteiger partial charge in [-0.15, -0.1) is 0 Å². The van der Waals surface area contributed by atoms with E-state index in [1.807, 2.05) is 41.8 Å². The van der Waals surface area contributed by atoms with E-state index < -0.39 is 6.09 Å². The van der Waals surface area contributed by atoms with Gasteiger partial charge in [0.1, 0.15) is 11.9 Å². The van der Waals surface area contributed by atoms with Crippen molar-refractivity contribution >= 4 is 17.4 Å². The minimum absolute atomic E-state index is 0.221. The Morgan fingerprint density at radius 3 is 2.77 bits per heavy atom. The molecular formula is C21H19NO3S. The van der Waals surface area contributed by atoms with Crippen molar-refractivity contribution in [2.75, 3.05) is 0 Å². The minimum atomic E-state index is -1.02. The molecular weight excluding hydrogens is 346 g/mol. The third kappa shape index (κ3) is 3.44. The number of carbonyl (C=O) groups is 1. The second-order valence-electron chi connectivity index (χ2n) is 6.41. The molecule has 0 bridgehead atoms. The summed E-state index contributed by atoms with van der Waals surface area (Å²) in [5.74, 6) is 0.876. The molecule has 26 heavy (non-hydrogen) atoms. The number of para-hydroxylation sites is 1. The molecule has 3 aromatic rings. The Balaban J connectivity index is 1.60. The zero-order chi connectivity index (χ0) is 17.9. The molecule has 4 rings (SSSR count). The lowest BCUT2D eigenvalue weighted by Gasteiger charge is -2.23. The Labute approximate surface area is 156 Å². The molecule has 0 radical (unpaired) electrons. The lowest BCUT2D eigenvalue weighted by Crippen LogP contribution is -2.46. The Bertz CT molecular complexity index is 893. The highest BCUT2D eigenvalue weighted by Crippen LogP contribution is 2.40. The van der Waals surface area contributed by atoms with Crippen molar-refractivity contribution in [1.29, 1.82) is 0 Å². The van der Waals surface area contributed by atoms with Gasteiger partial charge in [0.15, 0.2) is 0 Å². The fraction of sp³-hybridized carbons (Fsp3) is 0.190. The van der Waals surface area contributed by atoms with Crippen LogP contribution in [-0.2, 0) is 12.8 Å². The van der Waals surface area contributed by atoms with Gasteiger partial charge < -0.3 is 15.2 Å². The van der Waals surface area contributed by atoms with E-state index in [0.717, 1.165) is 28.0 Å². The summed E-state index contributed by atoms with van der Waals surface area (Å²) in [6, 6.07) is 17.8. The summed E-state index contributed by atoms with van der Waals surface area (Å²) in [4.78, 5) is 11.3. The van der Waals surface area contributed by atoms with Crippen LogP contribution in [0.5, 0.6) is 5.75 Å². The number of ether oxygens (including phenoxy) is 1. The van der Waals surface area contributed by atoms with Crippen molar-refractivity contribution in [2.45, 2.75) is 25.0 Å². The molecule has 0 fully saturated rings. The van der Waals surface area contributed by atoms with E-state index in [1.54, 1.807) is 11.3 Å². The number of hydrogen-bond acceptors (Lipinski definition) is 3. The summed E-state index contributed by atoms with van der Waals surface area (Å²) < 4.78 is 6.28. The SMILES string of the molecule is O=C(O)NC(Cc1ccccc1)C1Cc2cccc(-c3ccsc3)c2O1. The zero-order valence-corrected chi connectivity index (χ0v) is 14.9. The molecule has 1 amide bonds. The smallest absolute Gasteiger partial charge is 0.405 e. The first-order valence-corrected chi connectivity index (χ1v) is 9.49. The third-order valence-corrected chi connectivity index (χ3v) is 5.36. The molecule has 4 nitrogen and oxygen atoms in total. The molecule has 1 aliphatic rings. The van der Waals surface area contributed by atoms with Gasteiger partial charge in [-0.3, -0.25) is 0 Å². The molecule has 132 valence electrons. The first-order chi connectivity index (χ1) is 12.7. The molecule has 2 unspecified atom stereocenters. The van der Waals surface area contributed by atoms with Gasteiger partial charge in [-0.1, -0.05) is 48.5 Å². The summed E-state index contributed by atoms with van der Waals surface area (Å²) in [6.45, 7) is 0. The van der Waals surface area contributed by atoms with E-state index in [2.05, 4.69) is 28.9 Å². The predicted octanol–water partition coefficient (Wildman–Crippen LogP) is 4.60. The zero-order valence-electron chi connectivity index (χ0n) is 14.1. The predicted molar refractivity (Wildman–Crippen MR) is 103 cm³/mol. The quantitative estimate of drug-likeness (QED) is 0.695. The van der Waals surface area contributed by atoms with Crippen molar-refractivity contribution in [3.8, 4) is 16.9 Å². The summed E-state index contributed by atoms with van der Waals surface area (Å²) in [6.07, 6.45) is 0.0506. The van der Waals surface area contributed by atoms with E-state index in [1.165, 1.54) is 0 Å². The van der Waals surface area contributed by atoms with Gasteiger partial charge in [-0.25, -0.2) is 4.79 Å². The second kappa shape index (κ2) is 7.22. The average molecular weight is 365 g/mol. The highest BCUT2D eigenvalue weighted by Gasteiger charge is 2.33. The van der Waals surface area contributed by atoms with Crippen LogP contribution in [0.1, 0.15) is 11.1 Å². The first-order valence-electron chi connectivity index (χ1n) is 8.55. The number of fused-ring (bicyclic) bond motifs is 1. The average Bonchev–Trinajstić information content (AvgIpc) is 3.31. The fourth-order valence-corrected chi connectivity index (χ4v) is 4.12. The van der Waals surface area contributed by atoms with Crippen LogP contribution in [0.3, 0.4) is 0 Å². The summed E-state index contributed by atoms with van der Waals surface area (Å²) >= 11 is 1.65. The van der Waals surface area contributed by atoms with E-state index in [-0.39, 0.29) is 12.1 Å². The van der Waals surface area contributed by atoms with E-state index in [0.29, 0.717) is 12.8 Å². The Morgan fingerprint density at radius 2 is 2.04 bits per heavy atom. The van der Waals surface area contributed by atoms with E-state index >= 15 is 0 Å². The van der Waals surface area contributed by atoms with Gasteiger partial charge in [0.25, 0.3) is 0 Å². The molecule has 1 aliphatic heterocycles. The number of thiophene rings is 1. The normalized spacial score (nSPS) is 16.5. The maximum absolute atomic E-state index is 11.3. The Hall–Kier alpha value is -2.79. The fourth-order valence-electron chi connectivity index (χ4n) is 3.47. The third-order valence-electron chi connectivity index (χ3n) is 4.68. The highest BCUT2D eigenvalue weighted by atomic mass is 32.1. The van der Waals surface area contributed by atoms with Gasteiger partial charge in [0, 0.05) is 12.0 Å². The maximum Gasteiger partial charge on any atom is 0.405 e. The van der Waals surface area contributed by atoms with Crippen molar-refractivity contribution in [2.24, 2.45) is 0 Å². The lowest BCUT2D eigenvalue weighted by molar-refractivity contribution is 0.154. The molecule has 0 saturated carbocycles. The standard InChI is InChI=1S/C21H19NO3S/c23-21(24)22-18(11-14-5-2-1-3-6-14)19-12-15-7-4-8-17(20(15)25-19)16-9-10-26-13-16/h1-10,13,18-19,22H,11-12H2,(H,23,24). The van der Waals surface area contributed by atoms with Crippen LogP contribution in [0.25, 0.3) is 11.1 Å². The Morgan fingerprint density at radius 1 is 1.19 bits per heavy atom. The summed E-state index contributed by atoms with van der Waals surface area (Å²) in [5, 5.41) is 16.1. The van der Waals surface area contributed by atoms with Crippen molar-refractivity contribution in [3.05, 3.63) is 76.5 Å². The lowest BCUT2D eigenvalue weighted by atomic mass is 9.97. The van der Waals surface area contributed by atoms with Crippen molar-refractivity contribution in [3.63, 3.8) is 0 Å². The molecule has 2 heterocycles. The maximum atomic E-state index is 11.3. The summed E-state index contributed by atoms with van der Waals surface area (Å²) in [7, 11) is 0. The van der Waals surface area contributed by atoms with E-state index in [9.17, 15) is 9.90 Å². The van der Waals surface area contributed by atoms with Gasteiger partial charge in [0.05, 0.1) is 6.04 Å². The van der Waals surface area contributed by atoms with Gasteiger partial charge in [-0.2, -0.15) is 11.3 Å². The number of hydrogen-bond donors (Lipinski definition) is 2. The van der Waals surface area contributed by atoms with Crippen LogP contribution in [0.15, 0.2) is 65.4 Å². The van der Waals surface area contributed by atoms with Crippen LogP contribution in [0.4, 0.5) is 4.79 Å². The number of rotatable bonds is 5. The second-order valence-corrected chi connectivity index (χ2v) is 7.19. The van der Waals surface area contributed by atoms with Crippen LogP contribution in [-0.4, -0.2) is 23.3 Å². The largest absolute Gasteiger partial charge is 0.487 e. The number of nitrogens with one attached hydrogen (secondary N) is 1. The van der Waals surface area contributed by atoms with Crippen molar-refractivity contribution < 1.29 is 14.6 Å². The van der Waals surface area contributed by atoms with Crippen molar-refractivity contribution in [1.82, 2.24) is 5.32 Å². The topological polar surface area (TPSA) is 58.6 Å². The van der Waals surface area contributed by atoms with Crippen LogP contribution in [0.2, 0.25) is 0 Å². The monoisotopic (exact) mass is 365 g/mol. The summed E-state index contributed by atoms with van der Waals surface area (Å²) in [5.41, 5.74) is 4.42. The number of amides is 1. The minimum Gasteiger partial charge on any atom is -0.487 e. The molecule has 1 aromatic heterocycles. The molecule has 2 atom stereocenters. The van der Waals surface area contributed by atoms with Gasteiger partial charge in [-0.05, 0) is 39.9 Å². The Kier molecular flexibility index (Phi) is 4.63. The van der Waals surface area contributed by atoms with E-state index in [4.69, 9.17) is 4.74 Å². The van der Waals surface area contributed by atoms with Gasteiger partial charge in [0.2, 0.25) is 0 Å². The number of benzene rings is 2. The van der Waals surface area contributed by atoms with Crippen LogP contribution in [0, 0.1) is 0 Å². The molecule has 2 aromatic carbocycles. The molecule has 0 aliphatic carbocycles. The molecule has 2 N–H and O–H groups in total. The molecule has 0 saturated heterocycles. The van der Waals surface area contributed by atoms with Gasteiger partial charge >= 0.3 is 6.09 Å². The molecule has 0 spiro atoms.